The molecule has 1 aromatic heterocycles. The fourth-order valence-electron chi connectivity index (χ4n) is 2.62. The van der Waals surface area contributed by atoms with E-state index in [1.165, 1.54) is 0 Å². The smallest absolute Gasteiger partial charge is 0.334 e. The summed E-state index contributed by atoms with van der Waals surface area (Å²) in [6.07, 6.45) is -0.273. The van der Waals surface area contributed by atoms with E-state index in [0.29, 0.717) is 24.3 Å². The van der Waals surface area contributed by atoms with Gasteiger partial charge >= 0.3 is 5.97 Å². The van der Waals surface area contributed by atoms with Crippen molar-refractivity contribution in [3.63, 3.8) is 0 Å². The molecule has 31 heavy (non-hydrogen) atoms. The van der Waals surface area contributed by atoms with Gasteiger partial charge in [0.15, 0.2) is 12.4 Å². The minimum absolute atomic E-state index is 0.00144. The van der Waals surface area contributed by atoms with Crippen molar-refractivity contribution in [2.75, 3.05) is 38.8 Å². The summed E-state index contributed by atoms with van der Waals surface area (Å²) in [5.41, 5.74) is 3.19. The Morgan fingerprint density at radius 1 is 1.32 bits per heavy atom. The minimum Gasteiger partial charge on any atom is -0.469 e. The summed E-state index contributed by atoms with van der Waals surface area (Å²) < 4.78 is 15.7. The number of anilines is 1. The number of esters is 1. The van der Waals surface area contributed by atoms with E-state index in [1.54, 1.807) is 38.2 Å². The zero-order valence-electron chi connectivity index (χ0n) is 17.0. The fraction of sp³-hybridized carbons (Fsp3) is 0.350. The number of nitriles is 1. The molecule has 11 heteroatoms. The predicted octanol–water partition coefficient (Wildman–Crippen LogP) is 1.06. The Kier molecular flexibility index (Phi) is 7.31. The zero-order chi connectivity index (χ0) is 22.2. The van der Waals surface area contributed by atoms with E-state index in [-0.39, 0.29) is 35.8 Å². The maximum atomic E-state index is 12.8. The number of nitrogens with zero attached hydrogens (tertiary/aromatic N) is 3. The maximum Gasteiger partial charge on any atom is 0.334 e. The van der Waals surface area contributed by atoms with E-state index in [9.17, 15) is 9.59 Å². The molecule has 1 aliphatic heterocycles. The Morgan fingerprint density at radius 2 is 2.13 bits per heavy atom. The van der Waals surface area contributed by atoms with Crippen LogP contribution >= 0.6 is 0 Å². The summed E-state index contributed by atoms with van der Waals surface area (Å²) in [4.78, 5) is 37.9. The van der Waals surface area contributed by atoms with Crippen molar-refractivity contribution in [2.45, 2.75) is 13.0 Å². The Bertz CT molecular complexity index is 1000. The van der Waals surface area contributed by atoms with Crippen molar-refractivity contribution >= 4 is 17.7 Å². The number of hydrogen-bond acceptors (Lipinski definition) is 10. The summed E-state index contributed by atoms with van der Waals surface area (Å²) in [5, 5.41) is 12.0. The first-order valence-corrected chi connectivity index (χ1v) is 9.48. The summed E-state index contributed by atoms with van der Waals surface area (Å²) >= 11 is 0. The monoisotopic (exact) mass is 427 g/mol. The highest BCUT2D eigenvalue weighted by Gasteiger charge is 2.28. The van der Waals surface area contributed by atoms with E-state index >= 15 is 0 Å². The van der Waals surface area contributed by atoms with Gasteiger partial charge in [-0.05, 0) is 19.1 Å². The van der Waals surface area contributed by atoms with Crippen LogP contribution in [0.4, 0.5) is 5.82 Å². The van der Waals surface area contributed by atoms with Gasteiger partial charge in [-0.15, -0.1) is 0 Å². The van der Waals surface area contributed by atoms with Crippen molar-refractivity contribution in [2.24, 2.45) is 0 Å². The van der Waals surface area contributed by atoms with Crippen molar-refractivity contribution < 1.29 is 28.6 Å². The molecule has 1 fully saturated rings. The van der Waals surface area contributed by atoms with Crippen LogP contribution in [0, 0.1) is 11.3 Å². The van der Waals surface area contributed by atoms with Gasteiger partial charge < -0.3 is 19.5 Å². The highest BCUT2D eigenvalue weighted by Crippen LogP contribution is 2.29. The number of amides is 1. The fourth-order valence-corrected chi connectivity index (χ4v) is 2.62. The Morgan fingerprint density at radius 3 is 2.77 bits per heavy atom. The molecule has 0 bridgehead atoms. The average molecular weight is 427 g/mol. The molecule has 2 heterocycles. The van der Waals surface area contributed by atoms with Crippen LogP contribution in [0.3, 0.4) is 0 Å². The van der Waals surface area contributed by atoms with Crippen LogP contribution in [0.2, 0.25) is 0 Å². The molecule has 0 radical (unpaired) electrons. The lowest BCUT2D eigenvalue weighted by Gasteiger charge is -2.27. The quantitative estimate of drug-likeness (QED) is 0.440. The number of ether oxygens (including phenoxy) is 3. The molecule has 1 saturated heterocycles. The van der Waals surface area contributed by atoms with E-state index in [4.69, 9.17) is 24.3 Å². The standard InChI is InChI=1S/C20H21N5O6/c1-3-29-15(26)11-30-25-19(27)16-18(22-2)23-17(13-6-4-5-12(7-13)8-21)24-20(16)31-14-9-28-10-14/h4-7,14H,3,9-11H2,1-2H3,(H,25,27)(H,22,23,24). The molecular formula is C20H21N5O6. The molecule has 1 amide bonds. The number of carbonyl (C=O) groups excluding carboxylic acids is 2. The normalized spacial score (nSPS) is 12.9. The number of aromatic nitrogens is 2. The van der Waals surface area contributed by atoms with Crippen molar-refractivity contribution in [3.05, 3.63) is 35.4 Å². The van der Waals surface area contributed by atoms with Gasteiger partial charge in [-0.25, -0.2) is 15.3 Å². The van der Waals surface area contributed by atoms with Crippen LogP contribution in [0.5, 0.6) is 5.88 Å². The highest BCUT2D eigenvalue weighted by atomic mass is 16.7. The molecule has 1 aliphatic rings. The SMILES string of the molecule is CCOC(=O)CONC(=O)c1c(NC)nc(-c2cccc(C#N)c2)nc1OC1COC1. The predicted molar refractivity (Wildman–Crippen MR) is 107 cm³/mol. The number of hydrogen-bond donors (Lipinski definition) is 2. The average Bonchev–Trinajstić information content (AvgIpc) is 2.75. The minimum atomic E-state index is -0.707. The first-order chi connectivity index (χ1) is 15.0. The molecule has 11 nitrogen and oxygen atoms in total. The molecule has 0 atom stereocenters. The van der Waals surface area contributed by atoms with Crippen molar-refractivity contribution in [1.29, 1.82) is 5.26 Å². The Balaban J connectivity index is 1.91. The third-order valence-corrected chi connectivity index (χ3v) is 4.14. The summed E-state index contributed by atoms with van der Waals surface area (Å²) in [5.74, 6) is -0.868. The number of rotatable bonds is 9. The van der Waals surface area contributed by atoms with Gasteiger partial charge in [0, 0.05) is 12.6 Å². The van der Waals surface area contributed by atoms with Crippen LogP contribution in [0.25, 0.3) is 11.4 Å². The van der Waals surface area contributed by atoms with Gasteiger partial charge in [0.05, 0.1) is 31.5 Å². The molecule has 2 N–H and O–H groups in total. The second-order valence-electron chi connectivity index (χ2n) is 6.32. The van der Waals surface area contributed by atoms with E-state index in [0.717, 1.165) is 0 Å². The highest BCUT2D eigenvalue weighted by molar-refractivity contribution is 6.00. The van der Waals surface area contributed by atoms with Crippen LogP contribution in [-0.4, -0.2) is 61.4 Å². The summed E-state index contributed by atoms with van der Waals surface area (Å²) in [6.45, 7) is 2.12. The lowest BCUT2D eigenvalue weighted by molar-refractivity contribution is -0.150. The second-order valence-corrected chi connectivity index (χ2v) is 6.32. The number of hydroxylamine groups is 1. The Hall–Kier alpha value is -3.75. The van der Waals surface area contributed by atoms with Gasteiger partial charge in [-0.1, -0.05) is 12.1 Å². The van der Waals surface area contributed by atoms with Crippen molar-refractivity contribution in [3.8, 4) is 23.3 Å². The maximum absolute atomic E-state index is 12.8. The van der Waals surface area contributed by atoms with E-state index in [2.05, 4.69) is 26.8 Å². The molecule has 1 aromatic carbocycles. The van der Waals surface area contributed by atoms with E-state index < -0.39 is 18.5 Å². The summed E-state index contributed by atoms with van der Waals surface area (Å²) in [6, 6.07) is 8.81. The second kappa shape index (κ2) is 10.3. The molecular weight excluding hydrogens is 406 g/mol. The van der Waals surface area contributed by atoms with Crippen LogP contribution in [0.1, 0.15) is 22.8 Å². The molecule has 3 rings (SSSR count). The van der Waals surface area contributed by atoms with Gasteiger partial charge in [-0.3, -0.25) is 9.63 Å². The first-order valence-electron chi connectivity index (χ1n) is 9.48. The number of benzene rings is 1. The van der Waals surface area contributed by atoms with Gasteiger partial charge in [0.1, 0.15) is 17.5 Å². The van der Waals surface area contributed by atoms with Crippen LogP contribution in [0.15, 0.2) is 24.3 Å². The van der Waals surface area contributed by atoms with Crippen molar-refractivity contribution in [1.82, 2.24) is 15.4 Å². The zero-order valence-corrected chi connectivity index (χ0v) is 17.0. The van der Waals surface area contributed by atoms with E-state index in [1.807, 2.05) is 0 Å². The number of nitrogens with one attached hydrogen (secondary N) is 2. The lowest BCUT2D eigenvalue weighted by atomic mass is 10.1. The van der Waals surface area contributed by atoms with Gasteiger partial charge in [0.2, 0.25) is 5.88 Å². The molecule has 0 unspecified atom stereocenters. The summed E-state index contributed by atoms with van der Waals surface area (Å²) in [7, 11) is 1.59. The molecule has 0 saturated carbocycles. The van der Waals surface area contributed by atoms with Crippen LogP contribution in [-0.2, 0) is 19.1 Å². The first kappa shape index (κ1) is 21.9. The lowest BCUT2D eigenvalue weighted by Crippen LogP contribution is -2.39. The molecule has 0 aliphatic carbocycles. The molecule has 2 aromatic rings. The van der Waals surface area contributed by atoms with Crippen LogP contribution < -0.4 is 15.5 Å². The topological polar surface area (TPSA) is 145 Å². The number of carbonyl (C=O) groups is 2. The molecule has 162 valence electrons. The largest absolute Gasteiger partial charge is 0.469 e. The third kappa shape index (κ3) is 5.44. The third-order valence-electron chi connectivity index (χ3n) is 4.14. The molecule has 0 spiro atoms. The van der Waals surface area contributed by atoms with Gasteiger partial charge in [0.25, 0.3) is 5.91 Å². The van der Waals surface area contributed by atoms with Gasteiger partial charge in [-0.2, -0.15) is 10.2 Å². The Labute approximate surface area is 178 Å².